The predicted octanol–water partition coefficient (Wildman–Crippen LogP) is 3.78. The standard InChI is InChI=1S/C20H18N4OS/c1-14-19(26-13-23-14)20(25)21-10-15-6-8-16(9-7-15)11-24-12-22-17-4-2-3-5-18(17)24/h2-9,12-13H,10-11H2,1H3,(H,21,25). The molecule has 0 bridgehead atoms. The third-order valence-corrected chi connectivity index (χ3v) is 5.24. The maximum absolute atomic E-state index is 12.2. The molecule has 26 heavy (non-hydrogen) atoms. The summed E-state index contributed by atoms with van der Waals surface area (Å²) in [5.74, 6) is -0.0704. The summed E-state index contributed by atoms with van der Waals surface area (Å²) in [6, 6.07) is 16.4. The molecule has 0 aliphatic heterocycles. The summed E-state index contributed by atoms with van der Waals surface area (Å²) in [6.45, 7) is 3.12. The van der Waals surface area contributed by atoms with Crippen molar-refractivity contribution in [3.63, 3.8) is 0 Å². The van der Waals surface area contributed by atoms with Crippen molar-refractivity contribution in [1.82, 2.24) is 19.9 Å². The number of aromatic nitrogens is 3. The van der Waals surface area contributed by atoms with Crippen LogP contribution < -0.4 is 5.32 Å². The topological polar surface area (TPSA) is 59.8 Å². The fourth-order valence-corrected chi connectivity index (χ4v) is 3.60. The number of nitrogens with one attached hydrogen (secondary N) is 1. The lowest BCUT2D eigenvalue weighted by Gasteiger charge is -2.07. The predicted molar refractivity (Wildman–Crippen MR) is 103 cm³/mol. The first-order valence-corrected chi connectivity index (χ1v) is 9.24. The van der Waals surface area contributed by atoms with Gasteiger partial charge in [-0.05, 0) is 30.2 Å². The minimum Gasteiger partial charge on any atom is -0.347 e. The first-order chi connectivity index (χ1) is 12.7. The normalized spacial score (nSPS) is 11.0. The molecule has 2 heterocycles. The van der Waals surface area contributed by atoms with Gasteiger partial charge in [-0.3, -0.25) is 4.79 Å². The van der Waals surface area contributed by atoms with Crippen LogP contribution in [0.3, 0.4) is 0 Å². The van der Waals surface area contributed by atoms with Crippen molar-refractivity contribution in [2.75, 3.05) is 0 Å². The molecule has 130 valence electrons. The van der Waals surface area contributed by atoms with Crippen LogP contribution in [0, 0.1) is 6.92 Å². The van der Waals surface area contributed by atoms with Gasteiger partial charge in [0, 0.05) is 13.1 Å². The highest BCUT2D eigenvalue weighted by molar-refractivity contribution is 7.11. The maximum atomic E-state index is 12.2. The van der Waals surface area contributed by atoms with E-state index in [0.717, 1.165) is 28.8 Å². The first kappa shape index (κ1) is 16.5. The SMILES string of the molecule is Cc1ncsc1C(=O)NCc1ccc(Cn2cnc3ccccc32)cc1. The Labute approximate surface area is 155 Å². The molecule has 0 fully saturated rings. The van der Waals surface area contributed by atoms with Crippen LogP contribution >= 0.6 is 11.3 Å². The van der Waals surface area contributed by atoms with Crippen molar-refractivity contribution in [1.29, 1.82) is 0 Å². The van der Waals surface area contributed by atoms with Crippen LogP contribution in [0.5, 0.6) is 0 Å². The van der Waals surface area contributed by atoms with Crippen LogP contribution in [0.2, 0.25) is 0 Å². The molecule has 6 heteroatoms. The van der Waals surface area contributed by atoms with E-state index in [9.17, 15) is 4.79 Å². The molecule has 1 amide bonds. The van der Waals surface area contributed by atoms with E-state index in [2.05, 4.69) is 38.1 Å². The summed E-state index contributed by atoms with van der Waals surface area (Å²) in [4.78, 5) is 21.4. The summed E-state index contributed by atoms with van der Waals surface area (Å²) in [5, 5.41) is 2.95. The molecule has 1 N–H and O–H groups in total. The molecule has 0 aliphatic carbocycles. The van der Waals surface area contributed by atoms with Gasteiger partial charge in [0.1, 0.15) is 4.88 Å². The van der Waals surface area contributed by atoms with Gasteiger partial charge in [0.2, 0.25) is 0 Å². The lowest BCUT2D eigenvalue weighted by Crippen LogP contribution is -2.22. The summed E-state index contributed by atoms with van der Waals surface area (Å²) >= 11 is 1.37. The van der Waals surface area contributed by atoms with Crippen LogP contribution in [0.25, 0.3) is 11.0 Å². The smallest absolute Gasteiger partial charge is 0.263 e. The van der Waals surface area contributed by atoms with Gasteiger partial charge < -0.3 is 9.88 Å². The van der Waals surface area contributed by atoms with E-state index in [0.29, 0.717) is 11.4 Å². The van der Waals surface area contributed by atoms with Gasteiger partial charge in [0.15, 0.2) is 0 Å². The molecule has 0 spiro atoms. The van der Waals surface area contributed by atoms with E-state index in [1.807, 2.05) is 43.6 Å². The molecule has 2 aromatic heterocycles. The maximum Gasteiger partial charge on any atom is 0.263 e. The van der Waals surface area contributed by atoms with Gasteiger partial charge >= 0.3 is 0 Å². The number of aryl methyl sites for hydroxylation is 1. The van der Waals surface area contributed by atoms with Crippen molar-refractivity contribution < 1.29 is 4.79 Å². The van der Waals surface area contributed by atoms with Gasteiger partial charge in [0.05, 0.1) is 28.6 Å². The molecule has 4 aromatic rings. The zero-order chi connectivity index (χ0) is 17.9. The highest BCUT2D eigenvalue weighted by Crippen LogP contribution is 2.15. The van der Waals surface area contributed by atoms with Gasteiger partial charge in [-0.15, -0.1) is 11.3 Å². The molecule has 0 aliphatic rings. The van der Waals surface area contributed by atoms with Crippen LogP contribution in [0.1, 0.15) is 26.5 Å². The van der Waals surface area contributed by atoms with E-state index in [4.69, 9.17) is 0 Å². The lowest BCUT2D eigenvalue weighted by molar-refractivity contribution is 0.0954. The Morgan fingerprint density at radius 2 is 1.85 bits per heavy atom. The number of fused-ring (bicyclic) bond motifs is 1. The number of hydrogen-bond donors (Lipinski definition) is 1. The van der Waals surface area contributed by atoms with E-state index in [-0.39, 0.29) is 5.91 Å². The number of rotatable bonds is 5. The largest absolute Gasteiger partial charge is 0.347 e. The minimum absolute atomic E-state index is 0.0704. The highest BCUT2D eigenvalue weighted by atomic mass is 32.1. The van der Waals surface area contributed by atoms with Gasteiger partial charge in [-0.1, -0.05) is 36.4 Å². The molecule has 0 unspecified atom stereocenters. The summed E-state index contributed by atoms with van der Waals surface area (Å²) in [6.07, 6.45) is 1.87. The quantitative estimate of drug-likeness (QED) is 0.588. The number of hydrogen-bond acceptors (Lipinski definition) is 4. The second-order valence-corrected chi connectivity index (χ2v) is 6.98. The van der Waals surface area contributed by atoms with Crippen LogP contribution in [-0.4, -0.2) is 20.4 Å². The average Bonchev–Trinajstić information content (AvgIpc) is 3.27. The molecule has 2 aromatic carbocycles. The van der Waals surface area contributed by atoms with E-state index in [1.165, 1.54) is 16.9 Å². The van der Waals surface area contributed by atoms with Gasteiger partial charge in [-0.2, -0.15) is 0 Å². The fraction of sp³-hybridized carbons (Fsp3) is 0.150. The zero-order valence-electron chi connectivity index (χ0n) is 14.3. The zero-order valence-corrected chi connectivity index (χ0v) is 15.2. The van der Waals surface area contributed by atoms with Crippen molar-refractivity contribution in [3.8, 4) is 0 Å². The number of para-hydroxylation sites is 2. The summed E-state index contributed by atoms with van der Waals surface area (Å²) < 4.78 is 2.14. The molecular weight excluding hydrogens is 344 g/mol. The third kappa shape index (κ3) is 3.36. The molecule has 4 rings (SSSR count). The molecule has 0 atom stereocenters. The van der Waals surface area contributed by atoms with E-state index < -0.39 is 0 Å². The van der Waals surface area contributed by atoms with Crippen molar-refractivity contribution in [2.45, 2.75) is 20.0 Å². The molecule has 0 saturated heterocycles. The van der Waals surface area contributed by atoms with Gasteiger partial charge in [0.25, 0.3) is 5.91 Å². The van der Waals surface area contributed by atoms with Crippen LogP contribution in [0.15, 0.2) is 60.4 Å². The van der Waals surface area contributed by atoms with Crippen LogP contribution in [0.4, 0.5) is 0 Å². The van der Waals surface area contributed by atoms with E-state index in [1.54, 1.807) is 5.51 Å². The number of imidazole rings is 1. The Morgan fingerprint density at radius 1 is 1.08 bits per heavy atom. The number of carbonyl (C=O) groups is 1. The third-order valence-electron chi connectivity index (χ3n) is 4.31. The Morgan fingerprint density at radius 3 is 2.62 bits per heavy atom. The average molecular weight is 362 g/mol. The van der Waals surface area contributed by atoms with Crippen molar-refractivity contribution in [3.05, 3.63) is 82.1 Å². The summed E-state index contributed by atoms with van der Waals surface area (Å²) in [7, 11) is 0. The number of carbonyl (C=O) groups excluding carboxylic acids is 1. The number of benzene rings is 2. The van der Waals surface area contributed by atoms with Crippen LogP contribution in [-0.2, 0) is 13.1 Å². The first-order valence-electron chi connectivity index (χ1n) is 8.36. The Balaban J connectivity index is 1.40. The fourth-order valence-electron chi connectivity index (χ4n) is 2.88. The Hall–Kier alpha value is -2.99. The highest BCUT2D eigenvalue weighted by Gasteiger charge is 2.11. The number of thiazole rings is 1. The Kier molecular flexibility index (Phi) is 4.50. The molecular formula is C20H18N4OS. The van der Waals surface area contributed by atoms with Gasteiger partial charge in [-0.25, -0.2) is 9.97 Å². The second kappa shape index (κ2) is 7.09. The van der Waals surface area contributed by atoms with Crippen molar-refractivity contribution in [2.24, 2.45) is 0 Å². The second-order valence-electron chi connectivity index (χ2n) is 6.13. The summed E-state index contributed by atoms with van der Waals surface area (Å²) in [5.41, 5.74) is 6.87. The van der Waals surface area contributed by atoms with Crippen molar-refractivity contribution >= 4 is 28.3 Å². The number of amides is 1. The lowest BCUT2D eigenvalue weighted by atomic mass is 10.1. The number of nitrogens with zero attached hydrogens (tertiary/aromatic N) is 3. The molecule has 5 nitrogen and oxygen atoms in total. The molecule has 0 saturated carbocycles. The minimum atomic E-state index is -0.0704. The molecule has 0 radical (unpaired) electrons. The monoisotopic (exact) mass is 362 g/mol. The van der Waals surface area contributed by atoms with E-state index >= 15 is 0 Å². The Bertz CT molecular complexity index is 1050.